The number of pyridine rings is 1. The number of methoxy groups -OCH3 is 1. The summed E-state index contributed by atoms with van der Waals surface area (Å²) in [6.07, 6.45) is -2.63. The number of alkyl halides is 3. The van der Waals surface area contributed by atoms with Gasteiger partial charge in [-0.3, -0.25) is 0 Å². The Labute approximate surface area is 96.9 Å². The highest BCUT2D eigenvalue weighted by Crippen LogP contribution is 2.31. The predicted molar refractivity (Wildman–Crippen MR) is 56.1 cm³/mol. The van der Waals surface area contributed by atoms with E-state index in [0.717, 1.165) is 0 Å². The number of hydrogen-bond donors (Lipinski definition) is 0. The summed E-state index contributed by atoms with van der Waals surface area (Å²) >= 11 is 6.37. The van der Waals surface area contributed by atoms with Gasteiger partial charge in [-0.05, 0) is 22.0 Å². The predicted octanol–water partition coefficient (Wildman–Crippen LogP) is 3.69. The van der Waals surface area contributed by atoms with Crippen LogP contribution in [0.3, 0.4) is 0 Å². The van der Waals surface area contributed by atoms with Gasteiger partial charge >= 0.3 is 0 Å². The summed E-state index contributed by atoms with van der Waals surface area (Å²) in [6.45, 7) is 0. The van der Waals surface area contributed by atoms with Crippen LogP contribution in [0.15, 0.2) is 10.5 Å². The lowest BCUT2D eigenvalue weighted by molar-refractivity contribution is 0.141. The van der Waals surface area contributed by atoms with E-state index in [1.165, 1.54) is 13.2 Å². The van der Waals surface area contributed by atoms with Crippen molar-refractivity contribution in [3.05, 3.63) is 21.9 Å². The zero-order chi connectivity index (χ0) is 10.7. The average Bonchev–Trinajstić information content (AvgIpc) is 2.16. The van der Waals surface area contributed by atoms with Crippen LogP contribution >= 0.6 is 31.9 Å². The van der Waals surface area contributed by atoms with E-state index in [9.17, 15) is 8.78 Å². The molecule has 0 fully saturated rings. The SMILES string of the molecule is COc1cc(Br)c(CBr)nc1C(F)F. The third-order valence-electron chi connectivity index (χ3n) is 1.59. The fourth-order valence-electron chi connectivity index (χ4n) is 0.940. The molecule has 0 aliphatic rings. The molecule has 0 bridgehead atoms. The lowest BCUT2D eigenvalue weighted by atomic mass is 10.3. The van der Waals surface area contributed by atoms with E-state index in [-0.39, 0.29) is 11.4 Å². The second-order valence-electron chi connectivity index (χ2n) is 2.44. The molecule has 0 N–H and O–H groups in total. The van der Waals surface area contributed by atoms with Crippen molar-refractivity contribution in [2.75, 3.05) is 7.11 Å². The van der Waals surface area contributed by atoms with Gasteiger partial charge in [0, 0.05) is 9.80 Å². The van der Waals surface area contributed by atoms with Crippen molar-refractivity contribution >= 4 is 31.9 Å². The van der Waals surface area contributed by atoms with Crippen LogP contribution in [0.1, 0.15) is 17.8 Å². The molecule has 0 unspecified atom stereocenters. The zero-order valence-electron chi connectivity index (χ0n) is 7.23. The Morgan fingerprint density at radius 3 is 2.64 bits per heavy atom. The van der Waals surface area contributed by atoms with Crippen LogP contribution in [0, 0.1) is 0 Å². The van der Waals surface area contributed by atoms with E-state index < -0.39 is 6.43 Å². The van der Waals surface area contributed by atoms with Gasteiger partial charge in [-0.1, -0.05) is 15.9 Å². The molecule has 0 atom stereocenters. The van der Waals surface area contributed by atoms with Gasteiger partial charge in [0.2, 0.25) is 0 Å². The highest BCUT2D eigenvalue weighted by molar-refractivity contribution is 9.10. The second-order valence-corrected chi connectivity index (χ2v) is 3.85. The lowest BCUT2D eigenvalue weighted by Crippen LogP contribution is -2.00. The molecular formula is C8H7Br2F2NO. The number of ether oxygens (including phenoxy) is 1. The van der Waals surface area contributed by atoms with Crippen LogP contribution in [0.4, 0.5) is 8.78 Å². The monoisotopic (exact) mass is 329 g/mol. The smallest absolute Gasteiger partial charge is 0.284 e. The van der Waals surface area contributed by atoms with Gasteiger partial charge in [-0.15, -0.1) is 0 Å². The summed E-state index contributed by atoms with van der Waals surface area (Å²) in [5.74, 6) is 0.0941. The molecule has 0 spiro atoms. The van der Waals surface area contributed by atoms with Crippen LogP contribution in [0.2, 0.25) is 0 Å². The molecule has 0 radical (unpaired) electrons. The maximum absolute atomic E-state index is 12.5. The summed E-state index contributed by atoms with van der Waals surface area (Å²) in [6, 6.07) is 1.49. The van der Waals surface area contributed by atoms with Gasteiger partial charge in [0.05, 0.1) is 12.8 Å². The number of nitrogens with zero attached hydrogens (tertiary/aromatic N) is 1. The van der Waals surface area contributed by atoms with E-state index in [0.29, 0.717) is 15.5 Å². The largest absolute Gasteiger partial charge is 0.495 e. The van der Waals surface area contributed by atoms with Crippen molar-refractivity contribution in [2.24, 2.45) is 0 Å². The van der Waals surface area contributed by atoms with Crippen molar-refractivity contribution in [1.29, 1.82) is 0 Å². The van der Waals surface area contributed by atoms with Crippen LogP contribution in [0.25, 0.3) is 0 Å². The van der Waals surface area contributed by atoms with E-state index in [1.54, 1.807) is 0 Å². The zero-order valence-corrected chi connectivity index (χ0v) is 10.4. The standard InChI is InChI=1S/C8H7Br2F2NO/c1-14-6-2-4(10)5(3-9)13-7(6)8(11)12/h2,8H,3H2,1H3. The van der Waals surface area contributed by atoms with Gasteiger partial charge in [-0.25, -0.2) is 13.8 Å². The minimum absolute atomic E-state index is 0.0941. The molecule has 78 valence electrons. The summed E-state index contributed by atoms with van der Waals surface area (Å²) in [5.41, 5.74) is 0.200. The van der Waals surface area contributed by atoms with E-state index >= 15 is 0 Å². The van der Waals surface area contributed by atoms with Gasteiger partial charge in [0.15, 0.2) is 0 Å². The van der Waals surface area contributed by atoms with Gasteiger partial charge in [0.25, 0.3) is 6.43 Å². The Morgan fingerprint density at radius 1 is 1.57 bits per heavy atom. The number of halogens is 4. The first-order chi connectivity index (χ1) is 6.60. The van der Waals surface area contributed by atoms with Gasteiger partial charge in [0.1, 0.15) is 11.4 Å². The molecule has 1 aromatic rings. The second kappa shape index (κ2) is 5.02. The van der Waals surface area contributed by atoms with Crippen LogP contribution in [0.5, 0.6) is 5.75 Å². The third kappa shape index (κ3) is 2.42. The molecule has 2 nitrogen and oxygen atoms in total. The third-order valence-corrected chi connectivity index (χ3v) is 2.81. The van der Waals surface area contributed by atoms with Crippen molar-refractivity contribution in [2.45, 2.75) is 11.8 Å². The van der Waals surface area contributed by atoms with Crippen molar-refractivity contribution in [3.63, 3.8) is 0 Å². The Balaban J connectivity index is 3.25. The fraction of sp³-hybridized carbons (Fsp3) is 0.375. The van der Waals surface area contributed by atoms with E-state index in [2.05, 4.69) is 36.8 Å². The van der Waals surface area contributed by atoms with Crippen LogP contribution in [-0.4, -0.2) is 12.1 Å². The Morgan fingerprint density at radius 2 is 2.21 bits per heavy atom. The average molecular weight is 331 g/mol. The minimum atomic E-state index is -2.63. The first-order valence-electron chi connectivity index (χ1n) is 3.67. The van der Waals surface area contributed by atoms with Crippen LogP contribution < -0.4 is 4.74 Å². The first kappa shape index (κ1) is 11.8. The molecule has 1 rings (SSSR count). The van der Waals surface area contributed by atoms with Crippen molar-refractivity contribution in [3.8, 4) is 5.75 Å². The summed E-state index contributed by atoms with van der Waals surface area (Å²) < 4.78 is 30.4. The molecule has 0 saturated carbocycles. The normalized spacial score (nSPS) is 10.7. The van der Waals surface area contributed by atoms with E-state index in [1.807, 2.05) is 0 Å². The first-order valence-corrected chi connectivity index (χ1v) is 5.59. The molecule has 0 aliphatic heterocycles. The molecule has 1 heterocycles. The minimum Gasteiger partial charge on any atom is -0.495 e. The molecule has 0 aliphatic carbocycles. The highest BCUT2D eigenvalue weighted by atomic mass is 79.9. The Bertz CT molecular complexity index is 333. The number of aromatic nitrogens is 1. The lowest BCUT2D eigenvalue weighted by Gasteiger charge is -2.09. The molecule has 0 amide bonds. The number of hydrogen-bond acceptors (Lipinski definition) is 2. The maximum Gasteiger partial charge on any atom is 0.284 e. The highest BCUT2D eigenvalue weighted by Gasteiger charge is 2.18. The van der Waals surface area contributed by atoms with E-state index in [4.69, 9.17) is 4.74 Å². The summed E-state index contributed by atoms with van der Waals surface area (Å²) in [4.78, 5) is 3.79. The van der Waals surface area contributed by atoms with Crippen LogP contribution in [-0.2, 0) is 5.33 Å². The fourth-order valence-corrected chi connectivity index (χ4v) is 2.18. The molecule has 14 heavy (non-hydrogen) atoms. The van der Waals surface area contributed by atoms with Gasteiger partial charge in [-0.2, -0.15) is 0 Å². The number of rotatable bonds is 3. The molecule has 1 aromatic heterocycles. The van der Waals surface area contributed by atoms with Crippen molar-refractivity contribution in [1.82, 2.24) is 4.98 Å². The molecule has 6 heteroatoms. The Kier molecular flexibility index (Phi) is 4.25. The van der Waals surface area contributed by atoms with Gasteiger partial charge < -0.3 is 4.74 Å². The van der Waals surface area contributed by atoms with Crippen molar-refractivity contribution < 1.29 is 13.5 Å². The molecular weight excluding hydrogens is 324 g/mol. The molecule has 0 saturated heterocycles. The molecule has 0 aromatic carbocycles. The topological polar surface area (TPSA) is 22.1 Å². The summed E-state index contributed by atoms with van der Waals surface area (Å²) in [7, 11) is 1.34. The quantitative estimate of drug-likeness (QED) is 0.789. The Hall–Kier alpha value is -0.230. The maximum atomic E-state index is 12.5. The summed E-state index contributed by atoms with van der Waals surface area (Å²) in [5, 5.41) is 0.414.